The van der Waals surface area contributed by atoms with Crippen molar-refractivity contribution >= 4 is 11.9 Å². The first-order chi connectivity index (χ1) is 8.35. The molecule has 5 heteroatoms. The Hall–Kier alpha value is -1.10. The summed E-state index contributed by atoms with van der Waals surface area (Å²) in [6, 6.07) is -0.192. The van der Waals surface area contributed by atoms with E-state index in [0.717, 1.165) is 12.8 Å². The number of carbonyl (C=O) groups is 1. The van der Waals surface area contributed by atoms with Crippen molar-refractivity contribution in [3.05, 3.63) is 0 Å². The molecule has 0 aromatic heterocycles. The number of carbonyl (C=O) groups excluding carboxylic acids is 1. The molecule has 1 fully saturated rings. The van der Waals surface area contributed by atoms with Crippen LogP contribution in [0.5, 0.6) is 0 Å². The number of ether oxygens (including phenoxy) is 1. The average molecular weight is 253 g/mol. The molecule has 2 unspecified atom stereocenters. The molecule has 2 aliphatic rings. The standard InChI is InChI=1S/C13H23N3O2/c1-8(2)7-16-12(17)15-11(14)13(16)5-9(3)18-10(4)6-13/h8-10H,5-7H2,1-4H3,(H2,14,15,17). The van der Waals surface area contributed by atoms with Gasteiger partial charge in [-0.15, -0.1) is 0 Å². The molecule has 1 saturated heterocycles. The fourth-order valence-electron chi connectivity index (χ4n) is 3.16. The number of amidine groups is 1. The second-order valence-electron chi connectivity index (χ2n) is 5.98. The van der Waals surface area contributed by atoms with Crippen LogP contribution in [0.1, 0.15) is 40.5 Å². The number of rotatable bonds is 2. The Morgan fingerprint density at radius 3 is 2.50 bits per heavy atom. The topological polar surface area (TPSA) is 67.9 Å². The molecule has 2 rings (SSSR count). The van der Waals surface area contributed by atoms with Gasteiger partial charge in [0.15, 0.2) is 0 Å². The number of nitrogens with zero attached hydrogens (tertiary/aromatic N) is 2. The zero-order chi connectivity index (χ0) is 13.5. The van der Waals surface area contributed by atoms with Crippen LogP contribution in [0.3, 0.4) is 0 Å². The van der Waals surface area contributed by atoms with E-state index < -0.39 is 5.54 Å². The summed E-state index contributed by atoms with van der Waals surface area (Å²) in [7, 11) is 0. The van der Waals surface area contributed by atoms with Gasteiger partial charge in [0.05, 0.1) is 12.2 Å². The van der Waals surface area contributed by atoms with Crippen LogP contribution in [0.2, 0.25) is 0 Å². The highest BCUT2D eigenvalue weighted by atomic mass is 16.5. The van der Waals surface area contributed by atoms with Gasteiger partial charge in [0.25, 0.3) is 0 Å². The molecule has 0 aliphatic carbocycles. The van der Waals surface area contributed by atoms with Crippen molar-refractivity contribution in [2.75, 3.05) is 6.54 Å². The van der Waals surface area contributed by atoms with Crippen molar-refractivity contribution in [3.63, 3.8) is 0 Å². The summed E-state index contributed by atoms with van der Waals surface area (Å²) in [6.45, 7) is 8.95. The second-order valence-corrected chi connectivity index (χ2v) is 5.98. The number of urea groups is 1. The van der Waals surface area contributed by atoms with Crippen molar-refractivity contribution in [2.24, 2.45) is 16.6 Å². The summed E-state index contributed by atoms with van der Waals surface area (Å²) in [5, 5.41) is 0. The molecule has 1 spiro atoms. The zero-order valence-electron chi connectivity index (χ0n) is 11.6. The van der Waals surface area contributed by atoms with E-state index in [2.05, 4.69) is 18.8 Å². The minimum absolute atomic E-state index is 0.100. The third-order valence-electron chi connectivity index (χ3n) is 3.70. The van der Waals surface area contributed by atoms with Gasteiger partial charge in [-0.25, -0.2) is 4.79 Å². The summed E-state index contributed by atoms with van der Waals surface area (Å²) in [4.78, 5) is 17.9. The monoisotopic (exact) mass is 253 g/mol. The van der Waals surface area contributed by atoms with Crippen molar-refractivity contribution in [1.82, 2.24) is 4.90 Å². The molecule has 0 aromatic carbocycles. The quantitative estimate of drug-likeness (QED) is 0.815. The maximum Gasteiger partial charge on any atom is 0.346 e. The maximum atomic E-state index is 12.0. The summed E-state index contributed by atoms with van der Waals surface area (Å²) in [5.74, 6) is 0.871. The molecule has 5 nitrogen and oxygen atoms in total. The van der Waals surface area contributed by atoms with Crippen LogP contribution in [0, 0.1) is 5.92 Å². The molecule has 0 radical (unpaired) electrons. The van der Waals surface area contributed by atoms with Gasteiger partial charge in [-0.3, -0.25) is 0 Å². The summed E-state index contributed by atoms with van der Waals surface area (Å²) < 4.78 is 5.76. The van der Waals surface area contributed by atoms with Crippen molar-refractivity contribution in [2.45, 2.75) is 58.3 Å². The second kappa shape index (κ2) is 4.53. The van der Waals surface area contributed by atoms with E-state index in [1.54, 1.807) is 0 Å². The van der Waals surface area contributed by atoms with Gasteiger partial charge in [0.2, 0.25) is 0 Å². The largest absolute Gasteiger partial charge is 0.385 e. The van der Waals surface area contributed by atoms with Gasteiger partial charge in [0, 0.05) is 19.4 Å². The Morgan fingerprint density at radius 2 is 2.00 bits per heavy atom. The highest BCUT2D eigenvalue weighted by molar-refractivity contribution is 6.06. The van der Waals surface area contributed by atoms with Crippen LogP contribution in [-0.4, -0.2) is 41.1 Å². The van der Waals surface area contributed by atoms with Crippen LogP contribution >= 0.6 is 0 Å². The Labute approximate surface area is 108 Å². The first-order valence-corrected chi connectivity index (χ1v) is 6.67. The van der Waals surface area contributed by atoms with Gasteiger partial charge < -0.3 is 15.4 Å². The third-order valence-corrected chi connectivity index (χ3v) is 3.70. The maximum absolute atomic E-state index is 12.0. The Kier molecular flexibility index (Phi) is 3.36. The number of hydrogen-bond acceptors (Lipinski definition) is 3. The van der Waals surface area contributed by atoms with Crippen LogP contribution < -0.4 is 5.73 Å². The van der Waals surface area contributed by atoms with Crippen molar-refractivity contribution in [3.8, 4) is 0 Å². The van der Waals surface area contributed by atoms with Crippen LogP contribution in [-0.2, 0) is 4.74 Å². The van der Waals surface area contributed by atoms with Crippen molar-refractivity contribution in [1.29, 1.82) is 0 Å². The Morgan fingerprint density at radius 1 is 1.44 bits per heavy atom. The Bertz CT molecular complexity index is 368. The predicted octanol–water partition coefficient (Wildman–Crippen LogP) is 1.76. The molecule has 2 heterocycles. The minimum Gasteiger partial charge on any atom is -0.385 e. The fourth-order valence-corrected chi connectivity index (χ4v) is 3.16. The average Bonchev–Trinajstić information content (AvgIpc) is 2.41. The van der Waals surface area contributed by atoms with Gasteiger partial charge in [-0.2, -0.15) is 4.99 Å². The molecule has 18 heavy (non-hydrogen) atoms. The SMILES string of the molecule is CC(C)CN1C(=O)N=C(N)C12CC(C)OC(C)C2. The molecule has 102 valence electrons. The summed E-state index contributed by atoms with van der Waals surface area (Å²) in [5.41, 5.74) is 5.64. The Balaban J connectivity index is 2.31. The summed E-state index contributed by atoms with van der Waals surface area (Å²) in [6.07, 6.45) is 1.68. The third kappa shape index (κ3) is 2.11. The number of hydrogen-bond donors (Lipinski definition) is 1. The molecule has 0 aromatic rings. The van der Waals surface area contributed by atoms with E-state index in [4.69, 9.17) is 10.5 Å². The van der Waals surface area contributed by atoms with E-state index in [0.29, 0.717) is 18.3 Å². The number of aliphatic imine (C=N–C) groups is 1. The van der Waals surface area contributed by atoms with E-state index in [1.807, 2.05) is 18.7 Å². The molecular formula is C13H23N3O2. The molecule has 0 saturated carbocycles. The zero-order valence-corrected chi connectivity index (χ0v) is 11.6. The molecular weight excluding hydrogens is 230 g/mol. The fraction of sp³-hybridized carbons (Fsp3) is 0.846. The lowest BCUT2D eigenvalue weighted by molar-refractivity contribution is -0.0726. The summed E-state index contributed by atoms with van der Waals surface area (Å²) >= 11 is 0. The van der Waals surface area contributed by atoms with Crippen LogP contribution in [0.4, 0.5) is 4.79 Å². The normalized spacial score (nSPS) is 36.6. The van der Waals surface area contributed by atoms with E-state index >= 15 is 0 Å². The van der Waals surface area contributed by atoms with Crippen molar-refractivity contribution < 1.29 is 9.53 Å². The lowest BCUT2D eigenvalue weighted by atomic mass is 9.82. The molecule has 2 N–H and O–H groups in total. The lowest BCUT2D eigenvalue weighted by Gasteiger charge is -2.45. The van der Waals surface area contributed by atoms with Gasteiger partial charge in [-0.05, 0) is 19.8 Å². The lowest BCUT2D eigenvalue weighted by Crippen LogP contribution is -2.60. The van der Waals surface area contributed by atoms with E-state index in [-0.39, 0.29) is 18.2 Å². The van der Waals surface area contributed by atoms with E-state index in [1.165, 1.54) is 0 Å². The highest BCUT2D eigenvalue weighted by Gasteiger charge is 2.52. The first-order valence-electron chi connectivity index (χ1n) is 6.67. The van der Waals surface area contributed by atoms with Crippen LogP contribution in [0.25, 0.3) is 0 Å². The van der Waals surface area contributed by atoms with Gasteiger partial charge >= 0.3 is 6.03 Å². The molecule has 2 atom stereocenters. The first kappa shape index (κ1) is 13.3. The van der Waals surface area contributed by atoms with Gasteiger partial charge in [-0.1, -0.05) is 13.8 Å². The molecule has 2 aliphatic heterocycles. The molecule has 2 amide bonds. The molecule has 0 bridgehead atoms. The smallest absolute Gasteiger partial charge is 0.346 e. The minimum atomic E-state index is -0.418. The van der Waals surface area contributed by atoms with Gasteiger partial charge in [0.1, 0.15) is 11.4 Å². The van der Waals surface area contributed by atoms with Crippen LogP contribution in [0.15, 0.2) is 4.99 Å². The highest BCUT2D eigenvalue weighted by Crippen LogP contribution is 2.38. The number of nitrogens with two attached hydrogens (primary N) is 1. The predicted molar refractivity (Wildman–Crippen MR) is 70.5 cm³/mol. The number of amides is 2. The van der Waals surface area contributed by atoms with E-state index in [9.17, 15) is 4.79 Å².